The third-order valence-electron chi connectivity index (χ3n) is 3.94. The first-order valence-corrected chi connectivity index (χ1v) is 9.74. The van der Waals surface area contributed by atoms with E-state index in [1.54, 1.807) is 49.4 Å². The van der Waals surface area contributed by atoms with E-state index in [9.17, 15) is 13.2 Å². The van der Waals surface area contributed by atoms with Crippen molar-refractivity contribution in [1.29, 1.82) is 0 Å². The van der Waals surface area contributed by atoms with Gasteiger partial charge in [-0.2, -0.15) is 0 Å². The van der Waals surface area contributed by atoms with Crippen molar-refractivity contribution < 1.29 is 17.9 Å². The molecule has 2 aromatic carbocycles. The molecule has 25 heavy (non-hydrogen) atoms. The lowest BCUT2D eigenvalue weighted by molar-refractivity contribution is -0.115. The van der Waals surface area contributed by atoms with Crippen molar-refractivity contribution in [2.75, 3.05) is 12.4 Å². The molecule has 0 saturated heterocycles. The Balaban J connectivity index is 2.15. The Morgan fingerprint density at radius 3 is 2.60 bits per heavy atom. The number of ether oxygens (including phenoxy) is 1. The molecule has 0 saturated carbocycles. The predicted octanol–water partition coefficient (Wildman–Crippen LogP) is 3.60. The number of halogens is 1. The van der Waals surface area contributed by atoms with Gasteiger partial charge in [0, 0.05) is 10.7 Å². The summed E-state index contributed by atoms with van der Waals surface area (Å²) in [5.41, 5.74) is 1.76. The van der Waals surface area contributed by atoms with Gasteiger partial charge in [-0.1, -0.05) is 29.8 Å². The van der Waals surface area contributed by atoms with E-state index in [1.165, 1.54) is 14.0 Å². The number of anilines is 1. The molecule has 1 atom stereocenters. The largest absolute Gasteiger partial charge is 0.497 e. The maximum atomic E-state index is 12.6. The Kier molecular flexibility index (Phi) is 6.08. The van der Waals surface area contributed by atoms with E-state index in [0.717, 1.165) is 0 Å². The van der Waals surface area contributed by atoms with Gasteiger partial charge in [-0.15, -0.1) is 0 Å². The van der Waals surface area contributed by atoms with Gasteiger partial charge in [0.15, 0.2) is 9.84 Å². The van der Waals surface area contributed by atoms with E-state index in [-0.39, 0.29) is 5.75 Å². The van der Waals surface area contributed by atoms with E-state index in [1.807, 2.05) is 0 Å². The van der Waals surface area contributed by atoms with Crippen molar-refractivity contribution in [2.45, 2.75) is 24.9 Å². The minimum Gasteiger partial charge on any atom is -0.497 e. The van der Waals surface area contributed by atoms with Crippen LogP contribution in [0.25, 0.3) is 0 Å². The summed E-state index contributed by atoms with van der Waals surface area (Å²) in [4.78, 5) is 12.4. The number of carbonyl (C=O) groups excluding carboxylic acids is 1. The second kappa shape index (κ2) is 7.89. The SMILES string of the molecule is COc1cccc(CS(=O)(=O)[C@@H](C)C(=O)Nc2cccc(Cl)c2C)c1. The third kappa shape index (κ3) is 4.74. The van der Waals surface area contributed by atoms with Crippen molar-refractivity contribution >= 4 is 33.0 Å². The Morgan fingerprint density at radius 2 is 1.92 bits per heavy atom. The van der Waals surface area contributed by atoms with Gasteiger partial charge < -0.3 is 10.1 Å². The van der Waals surface area contributed by atoms with Crippen molar-refractivity contribution in [3.8, 4) is 5.75 Å². The van der Waals surface area contributed by atoms with Crippen LogP contribution < -0.4 is 10.1 Å². The van der Waals surface area contributed by atoms with Crippen LogP contribution in [0.5, 0.6) is 5.75 Å². The molecule has 5 nitrogen and oxygen atoms in total. The molecular weight excluding hydrogens is 362 g/mol. The fraction of sp³-hybridized carbons (Fsp3) is 0.278. The molecule has 7 heteroatoms. The van der Waals surface area contributed by atoms with Gasteiger partial charge in [0.05, 0.1) is 12.9 Å². The van der Waals surface area contributed by atoms with E-state index in [2.05, 4.69) is 5.32 Å². The molecular formula is C18H20ClNO4S. The Bertz CT molecular complexity index is 880. The highest BCUT2D eigenvalue weighted by Crippen LogP contribution is 2.24. The number of rotatable bonds is 6. The highest BCUT2D eigenvalue weighted by molar-refractivity contribution is 7.92. The van der Waals surface area contributed by atoms with E-state index >= 15 is 0 Å². The highest BCUT2D eigenvalue weighted by atomic mass is 35.5. The molecule has 2 aromatic rings. The molecule has 0 aliphatic carbocycles. The maximum absolute atomic E-state index is 12.6. The third-order valence-corrected chi connectivity index (χ3v) is 6.37. The molecule has 0 bridgehead atoms. The van der Waals surface area contributed by atoms with Crippen LogP contribution in [-0.2, 0) is 20.4 Å². The van der Waals surface area contributed by atoms with Crippen LogP contribution >= 0.6 is 11.6 Å². The summed E-state index contributed by atoms with van der Waals surface area (Å²) in [5.74, 6) is -0.263. The summed E-state index contributed by atoms with van der Waals surface area (Å²) in [6.07, 6.45) is 0. The van der Waals surface area contributed by atoms with Gasteiger partial charge in [-0.05, 0) is 49.2 Å². The zero-order valence-corrected chi connectivity index (χ0v) is 15.8. The van der Waals surface area contributed by atoms with Crippen LogP contribution in [0.1, 0.15) is 18.1 Å². The lowest BCUT2D eigenvalue weighted by Crippen LogP contribution is -2.33. The molecule has 1 N–H and O–H groups in total. The van der Waals surface area contributed by atoms with Crippen LogP contribution in [0.4, 0.5) is 5.69 Å². The Labute approximate surface area is 152 Å². The van der Waals surface area contributed by atoms with Gasteiger partial charge >= 0.3 is 0 Å². The van der Waals surface area contributed by atoms with Gasteiger partial charge in [0.1, 0.15) is 11.0 Å². The molecule has 0 unspecified atom stereocenters. The van der Waals surface area contributed by atoms with Crippen LogP contribution in [-0.4, -0.2) is 26.7 Å². The van der Waals surface area contributed by atoms with Crippen LogP contribution in [0.3, 0.4) is 0 Å². The molecule has 134 valence electrons. The van der Waals surface area contributed by atoms with Crippen LogP contribution in [0.2, 0.25) is 5.02 Å². The maximum Gasteiger partial charge on any atom is 0.242 e. The van der Waals surface area contributed by atoms with Gasteiger partial charge in [0.25, 0.3) is 0 Å². The highest BCUT2D eigenvalue weighted by Gasteiger charge is 2.28. The van der Waals surface area contributed by atoms with E-state index in [4.69, 9.17) is 16.3 Å². The number of nitrogens with one attached hydrogen (secondary N) is 1. The van der Waals surface area contributed by atoms with Gasteiger partial charge in [-0.25, -0.2) is 8.42 Å². The van der Waals surface area contributed by atoms with Crippen molar-refractivity contribution in [3.05, 3.63) is 58.6 Å². The first-order valence-electron chi connectivity index (χ1n) is 7.65. The van der Waals surface area contributed by atoms with Crippen molar-refractivity contribution in [2.24, 2.45) is 0 Å². The monoisotopic (exact) mass is 381 g/mol. The molecule has 0 aliphatic rings. The molecule has 0 spiro atoms. The molecule has 0 heterocycles. The average Bonchev–Trinajstić information content (AvgIpc) is 2.58. The standard InChI is InChI=1S/C18H20ClNO4S/c1-12-16(19)8-5-9-17(12)20-18(21)13(2)25(22,23)11-14-6-4-7-15(10-14)24-3/h4-10,13H,11H2,1-3H3,(H,20,21)/t13-/m0/s1. The smallest absolute Gasteiger partial charge is 0.242 e. The summed E-state index contributed by atoms with van der Waals surface area (Å²) in [5, 5.41) is 1.95. The number of hydrogen-bond donors (Lipinski definition) is 1. The zero-order chi connectivity index (χ0) is 18.6. The first kappa shape index (κ1) is 19.3. The van der Waals surface area contributed by atoms with Crippen LogP contribution in [0.15, 0.2) is 42.5 Å². The lowest BCUT2D eigenvalue weighted by Gasteiger charge is -2.15. The Morgan fingerprint density at radius 1 is 1.24 bits per heavy atom. The summed E-state index contributed by atoms with van der Waals surface area (Å²) in [6.45, 7) is 3.14. The molecule has 0 aliphatic heterocycles. The van der Waals surface area contributed by atoms with Gasteiger partial charge in [0.2, 0.25) is 5.91 Å². The number of benzene rings is 2. The second-order valence-corrected chi connectivity index (χ2v) is 8.43. The summed E-state index contributed by atoms with van der Waals surface area (Å²) >= 11 is 6.02. The molecule has 0 aromatic heterocycles. The predicted molar refractivity (Wildman–Crippen MR) is 99.9 cm³/mol. The number of carbonyl (C=O) groups is 1. The van der Waals surface area contributed by atoms with Crippen molar-refractivity contribution in [3.63, 3.8) is 0 Å². The van der Waals surface area contributed by atoms with E-state index in [0.29, 0.717) is 27.6 Å². The number of amides is 1. The minimum atomic E-state index is -3.68. The second-order valence-electron chi connectivity index (χ2n) is 5.70. The zero-order valence-electron chi connectivity index (χ0n) is 14.2. The quantitative estimate of drug-likeness (QED) is 0.829. The lowest BCUT2D eigenvalue weighted by atomic mass is 10.2. The van der Waals surface area contributed by atoms with Gasteiger partial charge in [-0.3, -0.25) is 4.79 Å². The molecule has 1 amide bonds. The normalized spacial score (nSPS) is 12.5. The average molecular weight is 382 g/mol. The van der Waals surface area contributed by atoms with Crippen molar-refractivity contribution in [1.82, 2.24) is 0 Å². The summed E-state index contributed by atoms with van der Waals surface area (Å²) < 4.78 is 30.2. The molecule has 0 radical (unpaired) electrons. The first-order chi connectivity index (χ1) is 11.7. The number of sulfone groups is 1. The fourth-order valence-corrected chi connectivity index (χ4v) is 3.71. The topological polar surface area (TPSA) is 72.5 Å². The summed E-state index contributed by atoms with van der Waals surface area (Å²) in [7, 11) is -2.17. The molecule has 0 fully saturated rings. The number of hydrogen-bond acceptors (Lipinski definition) is 4. The van der Waals surface area contributed by atoms with Crippen LogP contribution in [0, 0.1) is 6.92 Å². The van der Waals surface area contributed by atoms with E-state index < -0.39 is 21.0 Å². The molecule has 2 rings (SSSR count). The number of methoxy groups -OCH3 is 1. The minimum absolute atomic E-state index is 0.243. The fourth-order valence-electron chi connectivity index (χ4n) is 2.26. The Hall–Kier alpha value is -2.05. The summed E-state index contributed by atoms with van der Waals surface area (Å²) in [6, 6.07) is 11.9.